The van der Waals surface area contributed by atoms with Crippen molar-refractivity contribution in [2.45, 2.75) is 12.4 Å². The fraction of sp³-hybridized carbons (Fsp3) is 0.143. The molecule has 28 heavy (non-hydrogen) atoms. The Hall–Kier alpha value is -3.06. The third-order valence-corrected chi connectivity index (χ3v) is 3.50. The Balaban J connectivity index is 3.48. The van der Waals surface area contributed by atoms with Crippen LogP contribution in [-0.2, 0) is 12.4 Å². The highest BCUT2D eigenvalue weighted by molar-refractivity contribution is 6.03. The lowest BCUT2D eigenvalue weighted by Gasteiger charge is -2.20. The van der Waals surface area contributed by atoms with Crippen LogP contribution in [0.15, 0.2) is 0 Å². The van der Waals surface area contributed by atoms with Crippen LogP contribution >= 0.6 is 0 Å². The van der Waals surface area contributed by atoms with E-state index in [0.717, 1.165) is 0 Å². The number of carbonyl (C=O) groups is 2. The van der Waals surface area contributed by atoms with E-state index in [4.69, 9.17) is 10.2 Å². The third kappa shape index (κ3) is 2.97. The Bertz CT molecular complexity index is 953. The van der Waals surface area contributed by atoms with Crippen LogP contribution in [0, 0.1) is 23.3 Å². The minimum Gasteiger partial charge on any atom is -0.477 e. The number of aromatic carboxylic acids is 2. The molecule has 0 radical (unpaired) electrons. The first-order chi connectivity index (χ1) is 12.5. The van der Waals surface area contributed by atoms with Crippen molar-refractivity contribution in [2.24, 2.45) is 0 Å². The molecular weight excluding hydrogens is 422 g/mol. The lowest BCUT2D eigenvalue weighted by molar-refractivity contribution is -0.141. The fourth-order valence-corrected chi connectivity index (χ4v) is 2.51. The van der Waals surface area contributed by atoms with Gasteiger partial charge >= 0.3 is 24.3 Å². The molecule has 0 saturated carbocycles. The Morgan fingerprint density at radius 3 is 1.00 bits per heavy atom. The maximum absolute atomic E-state index is 14.3. The van der Waals surface area contributed by atoms with Gasteiger partial charge in [0, 0.05) is 10.8 Å². The molecule has 14 heteroatoms. The van der Waals surface area contributed by atoms with Crippen molar-refractivity contribution in [1.29, 1.82) is 0 Å². The van der Waals surface area contributed by atoms with Gasteiger partial charge in [-0.2, -0.15) is 26.3 Å². The van der Waals surface area contributed by atoms with Crippen molar-refractivity contribution in [3.8, 4) is 0 Å². The molecule has 0 aliphatic heterocycles. The number of fused-ring (bicyclic) bond motifs is 1. The second kappa shape index (κ2) is 6.24. The molecule has 152 valence electrons. The van der Waals surface area contributed by atoms with Crippen LogP contribution in [0.2, 0.25) is 0 Å². The molecule has 0 unspecified atom stereocenters. The van der Waals surface area contributed by atoms with E-state index in [1.807, 2.05) is 0 Å². The molecule has 0 saturated heterocycles. The van der Waals surface area contributed by atoms with Gasteiger partial charge in [-0.1, -0.05) is 0 Å². The van der Waals surface area contributed by atoms with Crippen LogP contribution < -0.4 is 0 Å². The SMILES string of the molecule is O=C(O)c1c(F)c(C(F)(F)F)c2c(F)c(C(=O)O)c(F)c(C(F)(F)F)c2c1F. The van der Waals surface area contributed by atoms with E-state index in [1.54, 1.807) is 0 Å². The topological polar surface area (TPSA) is 74.6 Å². The Morgan fingerprint density at radius 1 is 0.571 bits per heavy atom. The molecule has 0 heterocycles. The number of hydrogen-bond acceptors (Lipinski definition) is 2. The Kier molecular flexibility index (Phi) is 4.73. The molecule has 2 rings (SSSR count). The predicted molar refractivity (Wildman–Crippen MR) is 67.7 cm³/mol. The summed E-state index contributed by atoms with van der Waals surface area (Å²) in [6, 6.07) is 0. The molecule has 0 spiro atoms. The van der Waals surface area contributed by atoms with Crippen molar-refractivity contribution in [3.63, 3.8) is 0 Å². The quantitative estimate of drug-likeness (QED) is 0.678. The van der Waals surface area contributed by atoms with Crippen molar-refractivity contribution < 1.29 is 63.7 Å². The summed E-state index contributed by atoms with van der Waals surface area (Å²) < 4.78 is 135. The van der Waals surface area contributed by atoms with E-state index in [0.29, 0.717) is 0 Å². The molecule has 4 nitrogen and oxygen atoms in total. The minimum absolute atomic E-state index is 2.56. The van der Waals surface area contributed by atoms with Gasteiger partial charge in [-0.05, 0) is 0 Å². The summed E-state index contributed by atoms with van der Waals surface area (Å²) in [4.78, 5) is 21.7. The van der Waals surface area contributed by atoms with Gasteiger partial charge in [-0.25, -0.2) is 27.2 Å². The Morgan fingerprint density at radius 2 is 0.821 bits per heavy atom. The third-order valence-electron chi connectivity index (χ3n) is 3.50. The summed E-state index contributed by atoms with van der Waals surface area (Å²) in [6.07, 6.45) is -12.2. The molecule has 2 N–H and O–H groups in total. The number of carboxylic acids is 2. The lowest BCUT2D eigenvalue weighted by Crippen LogP contribution is -2.22. The normalized spacial score (nSPS) is 12.5. The van der Waals surface area contributed by atoms with Gasteiger partial charge in [0.05, 0.1) is 0 Å². The second-order valence-corrected chi connectivity index (χ2v) is 5.11. The summed E-state index contributed by atoms with van der Waals surface area (Å²) >= 11 is 0. The summed E-state index contributed by atoms with van der Waals surface area (Å²) in [5, 5.41) is 12.1. The fourth-order valence-electron chi connectivity index (χ4n) is 2.51. The number of halogens is 10. The molecule has 2 aromatic carbocycles. The lowest BCUT2D eigenvalue weighted by atomic mass is 9.91. The zero-order chi connectivity index (χ0) is 21.9. The van der Waals surface area contributed by atoms with Crippen molar-refractivity contribution >= 4 is 22.7 Å². The number of alkyl halides is 6. The molecule has 0 aliphatic carbocycles. The minimum atomic E-state index is -6.11. The number of rotatable bonds is 2. The highest BCUT2D eigenvalue weighted by Gasteiger charge is 2.47. The maximum atomic E-state index is 14.3. The van der Waals surface area contributed by atoms with Gasteiger partial charge < -0.3 is 10.2 Å². The summed E-state index contributed by atoms with van der Waals surface area (Å²) in [7, 11) is 0. The smallest absolute Gasteiger partial charge is 0.419 e. The van der Waals surface area contributed by atoms with Crippen LogP contribution in [-0.4, -0.2) is 22.2 Å². The zero-order valence-corrected chi connectivity index (χ0v) is 12.5. The molecule has 0 bridgehead atoms. The predicted octanol–water partition coefficient (Wildman–Crippen LogP) is 4.83. The van der Waals surface area contributed by atoms with Crippen LogP contribution in [0.3, 0.4) is 0 Å². The highest BCUT2D eigenvalue weighted by atomic mass is 19.4. The molecule has 0 aliphatic rings. The van der Waals surface area contributed by atoms with E-state index in [-0.39, 0.29) is 0 Å². The number of carboxylic acid groups (broad SMARTS) is 2. The molecule has 0 fully saturated rings. The van der Waals surface area contributed by atoms with Gasteiger partial charge in [0.2, 0.25) is 0 Å². The van der Waals surface area contributed by atoms with Crippen molar-refractivity contribution in [2.75, 3.05) is 0 Å². The van der Waals surface area contributed by atoms with Gasteiger partial charge in [0.15, 0.2) is 11.6 Å². The summed E-state index contributed by atoms with van der Waals surface area (Å²) in [6.45, 7) is 0. The van der Waals surface area contributed by atoms with E-state index in [1.165, 1.54) is 0 Å². The molecular formula is C14H2F10O4. The van der Waals surface area contributed by atoms with Crippen LogP contribution in [0.25, 0.3) is 10.8 Å². The zero-order valence-electron chi connectivity index (χ0n) is 12.5. The standard InChI is InChI=1S/C14H2F10O4/c15-7-1-2(6(14(22,23)24)10(18)3(7)11(25)26)8(16)4(12(27)28)9(17)5(1)13(19,20)21/h(H,25,26)(H,27,28). The number of hydrogen-bond donors (Lipinski definition) is 2. The van der Waals surface area contributed by atoms with Crippen molar-refractivity contribution in [3.05, 3.63) is 45.5 Å². The van der Waals surface area contributed by atoms with Crippen LogP contribution in [0.4, 0.5) is 43.9 Å². The van der Waals surface area contributed by atoms with Gasteiger partial charge in [0.1, 0.15) is 33.9 Å². The second-order valence-electron chi connectivity index (χ2n) is 5.11. The molecule has 0 amide bonds. The van der Waals surface area contributed by atoms with Gasteiger partial charge in [-0.3, -0.25) is 0 Å². The average Bonchev–Trinajstić information content (AvgIpc) is 2.45. The first-order valence-corrected chi connectivity index (χ1v) is 6.50. The first-order valence-electron chi connectivity index (χ1n) is 6.50. The van der Waals surface area contributed by atoms with Crippen molar-refractivity contribution in [1.82, 2.24) is 0 Å². The molecule has 0 atom stereocenters. The van der Waals surface area contributed by atoms with Crippen LogP contribution in [0.5, 0.6) is 0 Å². The van der Waals surface area contributed by atoms with E-state index >= 15 is 0 Å². The largest absolute Gasteiger partial charge is 0.477 e. The molecule has 0 aromatic heterocycles. The van der Waals surface area contributed by atoms with E-state index in [2.05, 4.69) is 0 Å². The van der Waals surface area contributed by atoms with Gasteiger partial charge in [0.25, 0.3) is 0 Å². The Labute approximate surface area is 145 Å². The van der Waals surface area contributed by atoms with E-state index < -0.39 is 80.6 Å². The highest BCUT2D eigenvalue weighted by Crippen LogP contribution is 2.47. The monoisotopic (exact) mass is 424 g/mol. The molecule has 2 aromatic rings. The maximum Gasteiger partial charge on any atom is 0.419 e. The summed E-state index contributed by atoms with van der Waals surface area (Å²) in [5.74, 6) is -17.4. The summed E-state index contributed by atoms with van der Waals surface area (Å²) in [5.41, 5.74) is -11.2. The van der Waals surface area contributed by atoms with Gasteiger partial charge in [-0.15, -0.1) is 0 Å². The van der Waals surface area contributed by atoms with Crippen LogP contribution in [0.1, 0.15) is 31.8 Å². The first kappa shape index (κ1) is 21.2. The number of benzene rings is 2. The van der Waals surface area contributed by atoms with E-state index in [9.17, 15) is 53.5 Å². The average molecular weight is 424 g/mol.